The first-order valence-corrected chi connectivity index (χ1v) is 10.6. The number of rotatable bonds is 6. The van der Waals surface area contributed by atoms with Gasteiger partial charge in [0.1, 0.15) is 12.1 Å². The van der Waals surface area contributed by atoms with E-state index >= 15 is 0 Å². The van der Waals surface area contributed by atoms with Crippen LogP contribution in [0.15, 0.2) is 30.6 Å². The van der Waals surface area contributed by atoms with E-state index in [9.17, 15) is 4.79 Å². The summed E-state index contributed by atoms with van der Waals surface area (Å²) in [6.45, 7) is 0.0893. The van der Waals surface area contributed by atoms with Crippen molar-refractivity contribution in [1.29, 1.82) is 0 Å². The monoisotopic (exact) mass is 383 g/mol. The standard InChI is InChI=1S/C21H29N5O2/c27-21(15-28-20-13-7-12-19(14-20)25-16-22-23-24-25)26(17-8-3-1-4-9-17)18-10-5-2-6-11-18/h7,12-14,16-18H,1-6,8-11,15H2. The fourth-order valence-electron chi connectivity index (χ4n) is 4.64. The lowest BCUT2D eigenvalue weighted by molar-refractivity contribution is -0.140. The van der Waals surface area contributed by atoms with Gasteiger partial charge in [0.05, 0.1) is 5.69 Å². The predicted molar refractivity (Wildman–Crippen MR) is 105 cm³/mol. The maximum atomic E-state index is 13.2. The Labute approximate surface area is 166 Å². The quantitative estimate of drug-likeness (QED) is 0.763. The topological polar surface area (TPSA) is 73.1 Å². The van der Waals surface area contributed by atoms with Crippen LogP contribution in [0.1, 0.15) is 64.2 Å². The molecule has 0 bridgehead atoms. The Kier molecular flexibility index (Phi) is 6.19. The molecular formula is C21H29N5O2. The molecule has 0 spiro atoms. The van der Waals surface area contributed by atoms with Crippen LogP contribution in [0.2, 0.25) is 0 Å². The van der Waals surface area contributed by atoms with Crippen LogP contribution >= 0.6 is 0 Å². The first-order chi connectivity index (χ1) is 13.8. The highest BCUT2D eigenvalue weighted by Crippen LogP contribution is 2.30. The van der Waals surface area contributed by atoms with E-state index in [-0.39, 0.29) is 12.5 Å². The van der Waals surface area contributed by atoms with Gasteiger partial charge in [-0.05, 0) is 48.2 Å². The lowest BCUT2D eigenvalue weighted by Gasteiger charge is -2.41. The van der Waals surface area contributed by atoms with Gasteiger partial charge in [-0.3, -0.25) is 4.79 Å². The zero-order chi connectivity index (χ0) is 19.2. The molecule has 0 atom stereocenters. The molecule has 0 aliphatic heterocycles. The molecule has 28 heavy (non-hydrogen) atoms. The number of carbonyl (C=O) groups excluding carboxylic acids is 1. The number of tetrazole rings is 1. The van der Waals surface area contributed by atoms with E-state index in [2.05, 4.69) is 20.4 Å². The smallest absolute Gasteiger partial charge is 0.261 e. The molecule has 0 radical (unpaired) electrons. The van der Waals surface area contributed by atoms with E-state index in [1.807, 2.05) is 24.3 Å². The lowest BCUT2D eigenvalue weighted by atomic mass is 9.88. The minimum absolute atomic E-state index is 0.0893. The van der Waals surface area contributed by atoms with Gasteiger partial charge in [-0.25, -0.2) is 4.68 Å². The van der Waals surface area contributed by atoms with Crippen molar-refractivity contribution in [1.82, 2.24) is 25.1 Å². The highest BCUT2D eigenvalue weighted by Gasteiger charge is 2.32. The van der Waals surface area contributed by atoms with Crippen molar-refractivity contribution in [2.24, 2.45) is 0 Å². The molecule has 7 nitrogen and oxygen atoms in total. The van der Waals surface area contributed by atoms with Gasteiger partial charge in [-0.2, -0.15) is 0 Å². The molecular weight excluding hydrogens is 354 g/mol. The average Bonchev–Trinajstić information content (AvgIpc) is 3.29. The van der Waals surface area contributed by atoms with E-state index in [0.29, 0.717) is 17.8 Å². The van der Waals surface area contributed by atoms with Crippen LogP contribution in [0.4, 0.5) is 0 Å². The number of ether oxygens (including phenoxy) is 1. The van der Waals surface area contributed by atoms with Gasteiger partial charge in [-0.15, -0.1) is 5.10 Å². The summed E-state index contributed by atoms with van der Waals surface area (Å²) in [5, 5.41) is 11.2. The molecule has 1 aromatic heterocycles. The summed E-state index contributed by atoms with van der Waals surface area (Å²) < 4.78 is 7.47. The second-order valence-electron chi connectivity index (χ2n) is 7.93. The number of carbonyl (C=O) groups is 1. The Morgan fingerprint density at radius 2 is 1.71 bits per heavy atom. The Morgan fingerprint density at radius 1 is 1.04 bits per heavy atom. The SMILES string of the molecule is O=C(COc1cccc(-n2cnnn2)c1)N(C1CCCCC1)C1CCCCC1. The van der Waals surface area contributed by atoms with E-state index in [1.54, 1.807) is 4.68 Å². The first-order valence-electron chi connectivity index (χ1n) is 10.6. The van der Waals surface area contributed by atoms with Crippen molar-refractivity contribution < 1.29 is 9.53 Å². The molecule has 1 aromatic carbocycles. The fourth-order valence-corrected chi connectivity index (χ4v) is 4.64. The van der Waals surface area contributed by atoms with E-state index in [0.717, 1.165) is 31.4 Å². The van der Waals surface area contributed by atoms with Crippen molar-refractivity contribution >= 4 is 5.91 Å². The lowest BCUT2D eigenvalue weighted by Crippen LogP contribution is -2.50. The van der Waals surface area contributed by atoms with E-state index < -0.39 is 0 Å². The highest BCUT2D eigenvalue weighted by molar-refractivity contribution is 5.78. The van der Waals surface area contributed by atoms with Crippen LogP contribution in [-0.4, -0.2) is 49.7 Å². The zero-order valence-electron chi connectivity index (χ0n) is 16.4. The summed E-state index contributed by atoms with van der Waals surface area (Å²) in [5.74, 6) is 0.792. The average molecular weight is 383 g/mol. The van der Waals surface area contributed by atoms with Crippen molar-refractivity contribution in [2.75, 3.05) is 6.61 Å². The van der Waals surface area contributed by atoms with Crippen LogP contribution < -0.4 is 4.74 Å². The number of hydrogen-bond acceptors (Lipinski definition) is 5. The van der Waals surface area contributed by atoms with Crippen LogP contribution in [0.5, 0.6) is 5.75 Å². The summed E-state index contributed by atoms with van der Waals surface area (Å²) in [7, 11) is 0. The van der Waals surface area contributed by atoms with Crippen molar-refractivity contribution in [3.05, 3.63) is 30.6 Å². The van der Waals surface area contributed by atoms with Crippen LogP contribution in [0.3, 0.4) is 0 Å². The third-order valence-corrected chi connectivity index (χ3v) is 6.02. The van der Waals surface area contributed by atoms with Gasteiger partial charge in [0.15, 0.2) is 6.61 Å². The van der Waals surface area contributed by atoms with Crippen LogP contribution in [0, 0.1) is 0 Å². The summed E-state index contributed by atoms with van der Waals surface area (Å²) in [6.07, 6.45) is 13.6. The van der Waals surface area contributed by atoms with Gasteiger partial charge < -0.3 is 9.64 Å². The zero-order valence-corrected chi connectivity index (χ0v) is 16.4. The van der Waals surface area contributed by atoms with Crippen molar-refractivity contribution in [3.63, 3.8) is 0 Å². The molecule has 0 N–H and O–H groups in total. The first kappa shape index (κ1) is 18.9. The van der Waals surface area contributed by atoms with Gasteiger partial charge in [-0.1, -0.05) is 44.6 Å². The third kappa shape index (κ3) is 4.51. The number of nitrogens with zero attached hydrogens (tertiary/aromatic N) is 5. The van der Waals surface area contributed by atoms with E-state index in [1.165, 1.54) is 44.9 Å². The molecule has 2 aromatic rings. The van der Waals surface area contributed by atoms with Crippen LogP contribution in [0.25, 0.3) is 5.69 Å². The molecule has 4 rings (SSSR count). The van der Waals surface area contributed by atoms with Crippen LogP contribution in [-0.2, 0) is 4.79 Å². The molecule has 2 aliphatic rings. The Hall–Kier alpha value is -2.44. The number of amides is 1. The second kappa shape index (κ2) is 9.17. The van der Waals surface area contributed by atoms with Gasteiger partial charge >= 0.3 is 0 Å². The minimum atomic E-state index is 0.0893. The third-order valence-electron chi connectivity index (χ3n) is 6.02. The number of hydrogen-bond donors (Lipinski definition) is 0. The summed E-state index contributed by atoms with van der Waals surface area (Å²) in [4.78, 5) is 15.4. The summed E-state index contributed by atoms with van der Waals surface area (Å²) >= 11 is 0. The molecule has 2 fully saturated rings. The Morgan fingerprint density at radius 3 is 2.32 bits per heavy atom. The van der Waals surface area contributed by atoms with Gasteiger partial charge in [0.25, 0.3) is 5.91 Å². The molecule has 7 heteroatoms. The minimum Gasteiger partial charge on any atom is -0.484 e. The van der Waals surface area contributed by atoms with E-state index in [4.69, 9.17) is 4.74 Å². The highest BCUT2D eigenvalue weighted by atomic mass is 16.5. The Balaban J connectivity index is 1.43. The second-order valence-corrected chi connectivity index (χ2v) is 7.93. The molecule has 2 aliphatic carbocycles. The number of benzene rings is 1. The predicted octanol–water partition coefficient (Wildman–Crippen LogP) is 3.54. The fraction of sp³-hybridized carbons (Fsp3) is 0.619. The maximum absolute atomic E-state index is 13.2. The molecule has 2 saturated carbocycles. The molecule has 1 amide bonds. The van der Waals surface area contributed by atoms with Gasteiger partial charge in [0, 0.05) is 18.2 Å². The summed E-state index contributed by atoms with van der Waals surface area (Å²) in [6, 6.07) is 8.29. The molecule has 150 valence electrons. The molecule has 0 unspecified atom stereocenters. The van der Waals surface area contributed by atoms with Crippen molar-refractivity contribution in [3.8, 4) is 11.4 Å². The summed E-state index contributed by atoms with van der Waals surface area (Å²) in [5.41, 5.74) is 0.811. The molecule has 0 saturated heterocycles. The van der Waals surface area contributed by atoms with Gasteiger partial charge in [0.2, 0.25) is 0 Å². The molecule has 1 heterocycles. The largest absolute Gasteiger partial charge is 0.484 e. The maximum Gasteiger partial charge on any atom is 0.261 e. The Bertz CT molecular complexity index is 734. The number of aromatic nitrogens is 4. The normalized spacial score (nSPS) is 18.7. The van der Waals surface area contributed by atoms with Crippen molar-refractivity contribution in [2.45, 2.75) is 76.3 Å².